The third kappa shape index (κ3) is 2.26. The van der Waals surface area contributed by atoms with Crippen LogP contribution in [-0.2, 0) is 9.53 Å². The van der Waals surface area contributed by atoms with Crippen molar-refractivity contribution in [2.24, 2.45) is 0 Å². The number of hydrogen-bond acceptors (Lipinski definition) is 5. The van der Waals surface area contributed by atoms with Gasteiger partial charge in [0.05, 0.1) is 18.8 Å². The molecular formula is C12H15NO4S. The molecule has 2 atom stereocenters. The summed E-state index contributed by atoms with van der Waals surface area (Å²) in [6.07, 6.45) is -0.432. The Labute approximate surface area is 109 Å². The Morgan fingerprint density at radius 3 is 2.78 bits per heavy atom. The van der Waals surface area contributed by atoms with E-state index in [1.807, 2.05) is 12.3 Å². The number of esters is 1. The number of amides is 1. The van der Waals surface area contributed by atoms with Crippen LogP contribution in [-0.4, -0.2) is 47.7 Å². The van der Waals surface area contributed by atoms with Crippen molar-refractivity contribution < 1.29 is 19.4 Å². The average Bonchev–Trinajstić information content (AvgIpc) is 2.93. The van der Waals surface area contributed by atoms with Gasteiger partial charge in [-0.15, -0.1) is 0 Å². The Bertz CT molecular complexity index is 470. The molecule has 2 rings (SSSR count). The molecule has 1 aliphatic rings. The molecule has 1 saturated heterocycles. The van der Waals surface area contributed by atoms with Gasteiger partial charge in [0.25, 0.3) is 5.91 Å². The van der Waals surface area contributed by atoms with Crippen LogP contribution in [0.25, 0.3) is 0 Å². The molecular weight excluding hydrogens is 254 g/mol. The van der Waals surface area contributed by atoms with Gasteiger partial charge < -0.3 is 14.7 Å². The number of rotatable bonds is 2. The van der Waals surface area contributed by atoms with Crippen LogP contribution in [0, 0.1) is 6.92 Å². The standard InChI is InChI=1S/C12H15NO4S/c1-7-5-18-6-9(7)11(15)13-4-8(14)3-10(13)12(16)17-2/h5-6,8,10,14H,3-4H2,1-2H3. The SMILES string of the molecule is COC(=O)C1CC(O)CN1C(=O)c1cscc1C. The van der Waals surface area contributed by atoms with Crippen molar-refractivity contribution in [3.05, 3.63) is 21.9 Å². The van der Waals surface area contributed by atoms with Gasteiger partial charge in [0.2, 0.25) is 0 Å². The van der Waals surface area contributed by atoms with E-state index in [-0.39, 0.29) is 18.9 Å². The van der Waals surface area contributed by atoms with Crippen molar-refractivity contribution in [1.29, 1.82) is 0 Å². The highest BCUT2D eigenvalue weighted by Crippen LogP contribution is 2.24. The first-order valence-corrected chi connectivity index (χ1v) is 6.58. The molecule has 1 aliphatic heterocycles. The quantitative estimate of drug-likeness (QED) is 0.807. The molecule has 0 bridgehead atoms. The normalized spacial score (nSPS) is 23.2. The summed E-state index contributed by atoms with van der Waals surface area (Å²) in [4.78, 5) is 25.3. The number of methoxy groups -OCH3 is 1. The molecule has 2 unspecified atom stereocenters. The van der Waals surface area contributed by atoms with E-state index in [2.05, 4.69) is 4.74 Å². The first-order valence-electron chi connectivity index (χ1n) is 5.64. The van der Waals surface area contributed by atoms with Gasteiger partial charge in [-0.05, 0) is 17.9 Å². The molecule has 6 heteroatoms. The van der Waals surface area contributed by atoms with E-state index in [0.29, 0.717) is 5.56 Å². The second kappa shape index (κ2) is 5.07. The minimum atomic E-state index is -0.684. The number of carbonyl (C=O) groups excluding carboxylic acids is 2. The van der Waals surface area contributed by atoms with Gasteiger partial charge in [0.15, 0.2) is 0 Å². The Morgan fingerprint density at radius 2 is 2.22 bits per heavy atom. The van der Waals surface area contributed by atoms with E-state index in [1.54, 1.807) is 5.38 Å². The molecule has 0 aliphatic carbocycles. The van der Waals surface area contributed by atoms with Crippen LogP contribution in [0.3, 0.4) is 0 Å². The van der Waals surface area contributed by atoms with Gasteiger partial charge in [0, 0.05) is 18.3 Å². The lowest BCUT2D eigenvalue weighted by molar-refractivity contribution is -0.145. The van der Waals surface area contributed by atoms with Crippen LogP contribution < -0.4 is 0 Å². The Kier molecular flexibility index (Phi) is 3.68. The topological polar surface area (TPSA) is 66.8 Å². The van der Waals surface area contributed by atoms with Crippen molar-refractivity contribution in [3.63, 3.8) is 0 Å². The van der Waals surface area contributed by atoms with E-state index in [0.717, 1.165) is 5.56 Å². The molecule has 0 aromatic carbocycles. The highest BCUT2D eigenvalue weighted by atomic mass is 32.1. The van der Waals surface area contributed by atoms with Crippen molar-refractivity contribution in [2.45, 2.75) is 25.5 Å². The number of aliphatic hydroxyl groups excluding tert-OH is 1. The van der Waals surface area contributed by atoms with Crippen molar-refractivity contribution >= 4 is 23.2 Å². The summed E-state index contributed by atoms with van der Waals surface area (Å²) in [6.45, 7) is 2.03. The molecule has 0 spiro atoms. The van der Waals surface area contributed by atoms with E-state index in [9.17, 15) is 14.7 Å². The third-order valence-electron chi connectivity index (χ3n) is 3.10. The maximum absolute atomic E-state index is 12.3. The lowest BCUT2D eigenvalue weighted by atomic mass is 10.1. The summed E-state index contributed by atoms with van der Waals surface area (Å²) in [5.41, 5.74) is 1.47. The number of nitrogens with zero attached hydrogens (tertiary/aromatic N) is 1. The molecule has 0 radical (unpaired) electrons. The molecule has 1 fully saturated rings. The van der Waals surface area contributed by atoms with Crippen LogP contribution in [0.1, 0.15) is 22.3 Å². The van der Waals surface area contributed by atoms with Gasteiger partial charge in [0.1, 0.15) is 6.04 Å². The van der Waals surface area contributed by atoms with Crippen LogP contribution in [0.5, 0.6) is 0 Å². The minimum Gasteiger partial charge on any atom is -0.467 e. The van der Waals surface area contributed by atoms with Crippen molar-refractivity contribution in [3.8, 4) is 0 Å². The second-order valence-electron chi connectivity index (χ2n) is 4.35. The summed E-state index contributed by atoms with van der Waals surface area (Å²) in [5, 5.41) is 13.3. The fraction of sp³-hybridized carbons (Fsp3) is 0.500. The summed E-state index contributed by atoms with van der Waals surface area (Å²) < 4.78 is 4.67. The number of thiophene rings is 1. The van der Waals surface area contributed by atoms with Crippen molar-refractivity contribution in [1.82, 2.24) is 4.90 Å². The van der Waals surface area contributed by atoms with Crippen molar-refractivity contribution in [2.75, 3.05) is 13.7 Å². The molecule has 1 aromatic rings. The highest BCUT2D eigenvalue weighted by Gasteiger charge is 2.40. The first-order chi connectivity index (χ1) is 8.54. The van der Waals surface area contributed by atoms with Gasteiger partial charge in [-0.1, -0.05) is 0 Å². The number of hydrogen-bond donors (Lipinski definition) is 1. The molecule has 18 heavy (non-hydrogen) atoms. The predicted molar refractivity (Wildman–Crippen MR) is 66.5 cm³/mol. The number of likely N-dealkylation sites (tertiary alicyclic amines) is 1. The molecule has 1 N–H and O–H groups in total. The van der Waals surface area contributed by atoms with Crippen LogP contribution in [0.4, 0.5) is 0 Å². The van der Waals surface area contributed by atoms with E-state index >= 15 is 0 Å². The summed E-state index contributed by atoms with van der Waals surface area (Å²) >= 11 is 1.44. The Morgan fingerprint density at radius 1 is 1.50 bits per heavy atom. The van der Waals surface area contributed by atoms with Gasteiger partial charge in [-0.2, -0.15) is 11.3 Å². The van der Waals surface area contributed by atoms with Gasteiger partial charge in [-0.3, -0.25) is 4.79 Å². The number of aryl methyl sites for hydroxylation is 1. The zero-order valence-corrected chi connectivity index (χ0v) is 11.1. The number of ether oxygens (including phenoxy) is 1. The molecule has 0 saturated carbocycles. The van der Waals surface area contributed by atoms with E-state index in [1.165, 1.54) is 23.3 Å². The van der Waals surface area contributed by atoms with Crippen LogP contribution >= 0.6 is 11.3 Å². The number of β-amino-alcohol motifs (C(OH)–C–C–N with tert-alkyl or cyclic N) is 1. The fourth-order valence-corrected chi connectivity index (χ4v) is 2.95. The lowest BCUT2D eigenvalue weighted by Crippen LogP contribution is -2.41. The minimum absolute atomic E-state index is 0.174. The maximum atomic E-state index is 12.3. The number of carbonyl (C=O) groups is 2. The van der Waals surface area contributed by atoms with E-state index < -0.39 is 18.1 Å². The monoisotopic (exact) mass is 269 g/mol. The fourth-order valence-electron chi connectivity index (χ4n) is 2.13. The second-order valence-corrected chi connectivity index (χ2v) is 5.10. The first kappa shape index (κ1) is 13.0. The highest BCUT2D eigenvalue weighted by molar-refractivity contribution is 7.08. The Hall–Kier alpha value is -1.40. The molecule has 98 valence electrons. The van der Waals surface area contributed by atoms with Crippen LogP contribution in [0.2, 0.25) is 0 Å². The smallest absolute Gasteiger partial charge is 0.328 e. The zero-order valence-electron chi connectivity index (χ0n) is 10.3. The predicted octanol–water partition coefficient (Wildman–Crippen LogP) is 0.805. The summed E-state index contributed by atoms with van der Waals surface area (Å²) in [6, 6.07) is -0.684. The van der Waals surface area contributed by atoms with E-state index in [4.69, 9.17) is 0 Å². The summed E-state index contributed by atoms with van der Waals surface area (Å²) in [7, 11) is 1.28. The zero-order chi connectivity index (χ0) is 13.3. The maximum Gasteiger partial charge on any atom is 0.328 e. The van der Waals surface area contributed by atoms with Crippen LogP contribution in [0.15, 0.2) is 10.8 Å². The molecule has 5 nitrogen and oxygen atoms in total. The van der Waals surface area contributed by atoms with Gasteiger partial charge >= 0.3 is 5.97 Å². The molecule has 1 amide bonds. The molecule has 1 aromatic heterocycles. The molecule has 2 heterocycles. The van der Waals surface area contributed by atoms with Gasteiger partial charge in [-0.25, -0.2) is 4.79 Å². The average molecular weight is 269 g/mol. The third-order valence-corrected chi connectivity index (χ3v) is 3.96. The largest absolute Gasteiger partial charge is 0.467 e. The Balaban J connectivity index is 2.23. The summed E-state index contributed by atoms with van der Waals surface area (Å²) in [5.74, 6) is -0.700. The lowest BCUT2D eigenvalue weighted by Gasteiger charge is -2.22. The number of aliphatic hydroxyl groups is 1.